The first-order valence-corrected chi connectivity index (χ1v) is 9.45. The zero-order valence-electron chi connectivity index (χ0n) is 26.7. The summed E-state index contributed by atoms with van der Waals surface area (Å²) in [4.78, 5) is 37.8. The van der Waals surface area contributed by atoms with Gasteiger partial charge in [0.25, 0.3) is 0 Å². The van der Waals surface area contributed by atoms with Gasteiger partial charge in [0, 0.05) is 25.3 Å². The van der Waals surface area contributed by atoms with Crippen molar-refractivity contribution in [3.8, 4) is 11.1 Å². The molecular weight excluding hydrogens is 394 g/mol. The van der Waals surface area contributed by atoms with Crippen LogP contribution in [0.1, 0.15) is 50.8 Å². The predicted octanol–water partition coefficient (Wildman–Crippen LogP) is 2.80. The van der Waals surface area contributed by atoms with Gasteiger partial charge in [-0.25, -0.2) is 4.79 Å². The molecular formula is C24H29N3O4. The maximum atomic E-state index is 13.1. The third-order valence-corrected chi connectivity index (χ3v) is 4.74. The van der Waals surface area contributed by atoms with Gasteiger partial charge >= 0.3 is 6.09 Å². The summed E-state index contributed by atoms with van der Waals surface area (Å²) in [5, 5.41) is 5.71. The number of likely N-dealkylation sites (N-methyl/N-ethyl adjacent to an activating group) is 1. The number of carbonyl (C=O) groups excluding carboxylic acids is 3. The van der Waals surface area contributed by atoms with Crippen molar-refractivity contribution in [3.63, 3.8) is 0 Å². The van der Waals surface area contributed by atoms with Gasteiger partial charge in [-0.15, -0.1) is 0 Å². The summed E-state index contributed by atoms with van der Waals surface area (Å²) in [6.45, 7) is -8.98. The zero-order valence-corrected chi connectivity index (χ0v) is 16.7. The van der Waals surface area contributed by atoms with E-state index in [-0.39, 0.29) is 6.61 Å². The van der Waals surface area contributed by atoms with Gasteiger partial charge < -0.3 is 20.7 Å². The Balaban J connectivity index is 1.97. The fourth-order valence-electron chi connectivity index (χ4n) is 3.34. The van der Waals surface area contributed by atoms with Crippen molar-refractivity contribution < 1.29 is 32.8 Å². The molecule has 7 heteroatoms. The van der Waals surface area contributed by atoms with Gasteiger partial charge in [-0.05, 0) is 34.5 Å². The second-order valence-corrected chi connectivity index (χ2v) is 6.68. The number of hydrogen-bond acceptors (Lipinski definition) is 4. The van der Waals surface area contributed by atoms with Crippen LogP contribution in [0.15, 0.2) is 48.5 Å². The van der Waals surface area contributed by atoms with E-state index in [1.165, 1.54) is 7.05 Å². The molecule has 0 spiro atoms. The summed E-state index contributed by atoms with van der Waals surface area (Å²) >= 11 is 0. The molecule has 0 aliphatic heterocycles. The Bertz CT molecular complexity index is 1270. The van der Waals surface area contributed by atoms with Crippen molar-refractivity contribution in [3.05, 3.63) is 59.7 Å². The third-order valence-electron chi connectivity index (χ3n) is 4.74. The van der Waals surface area contributed by atoms with Crippen molar-refractivity contribution in [1.82, 2.24) is 16.0 Å². The molecule has 0 fully saturated rings. The van der Waals surface area contributed by atoms with Crippen LogP contribution in [0.4, 0.5) is 4.79 Å². The molecule has 3 rings (SSSR count). The molecule has 2 aromatic rings. The highest BCUT2D eigenvalue weighted by Gasteiger charge is 2.30. The van der Waals surface area contributed by atoms with Crippen molar-refractivity contribution >= 4 is 17.9 Å². The number of hydrogen-bond donors (Lipinski definition) is 3. The van der Waals surface area contributed by atoms with Crippen LogP contribution in [-0.4, -0.2) is 44.1 Å². The SMILES string of the molecule is [2H]C([2H])([2H])C([2H])(C([2H])([2H])[2H])C([2H])([2H])C([2H])(NC(=O)OCC1c2ccccc2-c2ccccc21)C(=O)NCC(=O)NC. The van der Waals surface area contributed by atoms with Crippen LogP contribution < -0.4 is 16.0 Å². The molecule has 3 amide bonds. The predicted molar refractivity (Wildman–Crippen MR) is 119 cm³/mol. The van der Waals surface area contributed by atoms with Gasteiger partial charge in [-0.3, -0.25) is 9.59 Å². The average molecular weight is 434 g/mol. The standard InChI is InChI=1S/C24H29N3O4/c1-15(2)12-21(23(29)26-13-22(28)25-3)27-24(30)31-14-20-18-10-6-4-8-16(18)17-9-5-7-11-19(17)20/h4-11,15,20-21H,12-14H2,1-3H3,(H,25,28)(H,26,29)(H,27,30)/i1D3,2D3,12D2,15D,21D. The lowest BCUT2D eigenvalue weighted by Gasteiger charge is -2.21. The van der Waals surface area contributed by atoms with Crippen LogP contribution in [0.3, 0.4) is 0 Å². The minimum Gasteiger partial charge on any atom is -0.449 e. The van der Waals surface area contributed by atoms with Crippen LogP contribution >= 0.6 is 0 Å². The summed E-state index contributed by atoms with van der Waals surface area (Å²) in [5.41, 5.74) is 3.41. The summed E-state index contributed by atoms with van der Waals surface area (Å²) in [5.74, 6) is -7.14. The minimum atomic E-state index is -4.10. The Morgan fingerprint density at radius 2 is 1.71 bits per heavy atom. The van der Waals surface area contributed by atoms with Crippen molar-refractivity contribution in [1.29, 1.82) is 0 Å². The molecule has 0 saturated carbocycles. The molecule has 2 aromatic carbocycles. The van der Waals surface area contributed by atoms with Crippen LogP contribution in [0.5, 0.6) is 0 Å². The number of amides is 3. The number of fused-ring (bicyclic) bond motifs is 3. The molecule has 0 saturated heterocycles. The highest BCUT2D eigenvalue weighted by atomic mass is 16.5. The molecule has 1 unspecified atom stereocenters. The van der Waals surface area contributed by atoms with Gasteiger partial charge in [0.1, 0.15) is 12.6 Å². The number of nitrogens with one attached hydrogen (secondary N) is 3. The minimum absolute atomic E-state index is 0.344. The highest BCUT2D eigenvalue weighted by molar-refractivity contribution is 5.89. The number of alkyl carbamates (subject to hydrolysis) is 1. The molecule has 1 aliphatic rings. The Morgan fingerprint density at radius 3 is 2.29 bits per heavy atom. The number of carbonyl (C=O) groups is 3. The summed E-state index contributed by atoms with van der Waals surface area (Å²) in [6.07, 6.45) is -5.66. The Kier molecular flexibility index (Phi) is 4.07. The monoisotopic (exact) mass is 433 g/mol. The molecule has 3 N–H and O–H groups in total. The third kappa shape index (κ3) is 5.42. The average Bonchev–Trinajstić information content (AvgIpc) is 3.21. The van der Waals surface area contributed by atoms with E-state index in [4.69, 9.17) is 18.4 Å². The number of rotatable bonds is 8. The second-order valence-electron chi connectivity index (χ2n) is 6.68. The fourth-order valence-corrected chi connectivity index (χ4v) is 3.34. The number of benzene rings is 2. The quantitative estimate of drug-likeness (QED) is 0.596. The van der Waals surface area contributed by atoms with Crippen LogP contribution in [0.2, 0.25) is 0 Å². The van der Waals surface area contributed by atoms with E-state index in [0.717, 1.165) is 22.3 Å². The first-order valence-electron chi connectivity index (χ1n) is 14.5. The van der Waals surface area contributed by atoms with Crippen molar-refractivity contribution in [2.75, 3.05) is 20.2 Å². The van der Waals surface area contributed by atoms with Crippen LogP contribution in [0, 0.1) is 5.89 Å². The Morgan fingerprint density at radius 1 is 1.10 bits per heavy atom. The molecule has 1 atom stereocenters. The molecule has 164 valence electrons. The second kappa shape index (κ2) is 10.1. The number of ether oxygens (including phenoxy) is 1. The van der Waals surface area contributed by atoms with Gasteiger partial charge in [-0.2, -0.15) is 0 Å². The Hall–Kier alpha value is -3.35. The van der Waals surface area contributed by atoms with E-state index in [1.807, 2.05) is 41.7 Å². The molecule has 1 aliphatic carbocycles. The lowest BCUT2D eigenvalue weighted by Crippen LogP contribution is -2.49. The summed E-state index contributed by atoms with van der Waals surface area (Å²) < 4.78 is 85.0. The largest absolute Gasteiger partial charge is 0.449 e. The van der Waals surface area contributed by atoms with Gasteiger partial charge in [-0.1, -0.05) is 62.2 Å². The van der Waals surface area contributed by atoms with E-state index in [0.29, 0.717) is 0 Å². The lowest BCUT2D eigenvalue weighted by atomic mass is 9.98. The zero-order chi connectivity index (χ0) is 31.0. The maximum Gasteiger partial charge on any atom is 0.407 e. The van der Waals surface area contributed by atoms with Gasteiger partial charge in [0.15, 0.2) is 0 Å². The van der Waals surface area contributed by atoms with Crippen molar-refractivity contribution in [2.45, 2.75) is 32.0 Å². The molecule has 0 aromatic heterocycles. The first-order chi connectivity index (χ1) is 18.8. The van der Waals surface area contributed by atoms with E-state index < -0.39 is 62.4 Å². The first kappa shape index (κ1) is 12.5. The van der Waals surface area contributed by atoms with Crippen molar-refractivity contribution in [2.24, 2.45) is 5.89 Å². The normalized spacial score (nSPS) is 20.5. The highest BCUT2D eigenvalue weighted by Crippen LogP contribution is 2.44. The van der Waals surface area contributed by atoms with Crippen LogP contribution in [-0.2, 0) is 14.3 Å². The summed E-state index contributed by atoms with van der Waals surface area (Å²) in [7, 11) is 1.22. The van der Waals surface area contributed by atoms with Gasteiger partial charge in [0.05, 0.1) is 7.92 Å². The topological polar surface area (TPSA) is 96.5 Å². The van der Waals surface area contributed by atoms with Gasteiger partial charge in [0.2, 0.25) is 11.8 Å². The van der Waals surface area contributed by atoms with E-state index in [1.54, 1.807) is 17.4 Å². The molecule has 0 heterocycles. The smallest absolute Gasteiger partial charge is 0.407 e. The molecule has 0 bridgehead atoms. The maximum absolute atomic E-state index is 13.1. The van der Waals surface area contributed by atoms with E-state index in [9.17, 15) is 14.4 Å². The molecule has 7 nitrogen and oxygen atoms in total. The van der Waals surface area contributed by atoms with E-state index >= 15 is 0 Å². The lowest BCUT2D eigenvalue weighted by molar-refractivity contribution is -0.127. The Labute approximate surface area is 196 Å². The fraction of sp³-hybridized carbons (Fsp3) is 0.375. The summed E-state index contributed by atoms with van der Waals surface area (Å²) in [6, 6.07) is 10.9. The molecule has 31 heavy (non-hydrogen) atoms. The van der Waals surface area contributed by atoms with E-state index in [2.05, 4.69) is 5.32 Å². The molecule has 0 radical (unpaired) electrons. The van der Waals surface area contributed by atoms with Crippen LogP contribution in [0.25, 0.3) is 11.1 Å².